The van der Waals surface area contributed by atoms with Crippen LogP contribution in [-0.2, 0) is 12.8 Å². The van der Waals surface area contributed by atoms with Crippen LogP contribution >= 0.6 is 0 Å². The van der Waals surface area contributed by atoms with Gasteiger partial charge in [0.15, 0.2) is 0 Å². The second-order valence-corrected chi connectivity index (χ2v) is 10.2. The molecule has 238 valence electrons. The summed E-state index contributed by atoms with van der Waals surface area (Å²) >= 11 is 0. The predicted molar refractivity (Wildman–Crippen MR) is 154 cm³/mol. The van der Waals surface area contributed by atoms with Gasteiger partial charge in [0.2, 0.25) is 0 Å². The van der Waals surface area contributed by atoms with E-state index in [1.54, 1.807) is 45.6 Å². The van der Waals surface area contributed by atoms with Crippen LogP contribution in [0.15, 0.2) is 24.3 Å². The molecule has 0 fully saturated rings. The largest absolute Gasteiger partial charge is 0.496 e. The fourth-order valence-electron chi connectivity index (χ4n) is 5.13. The van der Waals surface area contributed by atoms with Gasteiger partial charge in [-0.1, -0.05) is 6.92 Å². The smallest absolute Gasteiger partial charge is 0.129 e. The average Bonchev–Trinajstić information content (AvgIpc) is 3.02. The van der Waals surface area contributed by atoms with Gasteiger partial charge in [-0.2, -0.15) is 0 Å². The van der Waals surface area contributed by atoms with E-state index in [4.69, 9.17) is 28.4 Å². The first-order chi connectivity index (χ1) is 20.0. The van der Waals surface area contributed by atoms with Crippen molar-refractivity contribution in [2.24, 2.45) is 11.8 Å². The van der Waals surface area contributed by atoms with Crippen molar-refractivity contribution in [3.05, 3.63) is 35.4 Å². The zero-order chi connectivity index (χ0) is 31.6. The number of hydrogen-bond acceptors (Lipinski definition) is 12. The van der Waals surface area contributed by atoms with Gasteiger partial charge in [0.1, 0.15) is 58.9 Å². The van der Waals surface area contributed by atoms with Crippen molar-refractivity contribution in [1.82, 2.24) is 0 Å². The molecular formula is C30H46O12. The maximum Gasteiger partial charge on any atom is 0.129 e. The minimum absolute atomic E-state index is 0.131. The van der Waals surface area contributed by atoms with Crippen LogP contribution < -0.4 is 28.4 Å². The van der Waals surface area contributed by atoms with E-state index in [1.807, 2.05) is 6.92 Å². The summed E-state index contributed by atoms with van der Waals surface area (Å²) in [4.78, 5) is 0. The highest BCUT2D eigenvalue weighted by molar-refractivity contribution is 5.52. The predicted octanol–water partition coefficient (Wildman–Crippen LogP) is 0.963. The minimum atomic E-state index is -1.94. The topological polar surface area (TPSA) is 177 Å². The summed E-state index contributed by atoms with van der Waals surface area (Å²) in [6, 6.07) is 6.84. The van der Waals surface area contributed by atoms with Crippen LogP contribution in [0.5, 0.6) is 34.5 Å². The monoisotopic (exact) mass is 598 g/mol. The quantitative estimate of drug-likeness (QED) is 0.144. The first kappa shape index (κ1) is 35.2. The van der Waals surface area contributed by atoms with Gasteiger partial charge in [0.05, 0.1) is 55.4 Å². The number of ether oxygens (including phenoxy) is 6. The molecule has 0 bridgehead atoms. The van der Waals surface area contributed by atoms with Crippen LogP contribution in [0, 0.1) is 11.8 Å². The number of benzene rings is 2. The van der Waals surface area contributed by atoms with Gasteiger partial charge in [-0.05, 0) is 31.1 Å². The third-order valence-electron chi connectivity index (χ3n) is 7.47. The summed E-state index contributed by atoms with van der Waals surface area (Å²) in [6.45, 7) is 1.12. The zero-order valence-electron chi connectivity index (χ0n) is 25.3. The van der Waals surface area contributed by atoms with Crippen LogP contribution in [0.25, 0.3) is 0 Å². The molecule has 0 aliphatic rings. The number of hydrogen-bond donors (Lipinski definition) is 6. The summed E-state index contributed by atoms with van der Waals surface area (Å²) in [5.74, 6) is 2.19. The molecule has 0 saturated heterocycles. The molecule has 12 heteroatoms. The lowest BCUT2D eigenvalue weighted by Gasteiger charge is -2.34. The van der Waals surface area contributed by atoms with Crippen molar-refractivity contribution in [3.8, 4) is 34.5 Å². The standard InChI is InChI=1S/C30H46O12/c1-16(9-20-23(39-4)11-18(37-2)12-24(20)40-5)8-17(27(33)29(35)30(36)28(34)22(32)15-31)10-21-25(41-6)13-19(38-3)14-26(21)42-7/h11-14,16-17,22,27-36H,8-10,15H2,1-7H3/t16?,17?,22-,27?,28+,29+,30-/m0/s1. The van der Waals surface area contributed by atoms with Crippen molar-refractivity contribution in [2.75, 3.05) is 49.3 Å². The molecule has 0 aromatic heterocycles. The van der Waals surface area contributed by atoms with Gasteiger partial charge in [0.25, 0.3) is 0 Å². The number of aliphatic hydroxyl groups is 6. The molecule has 0 heterocycles. The molecule has 3 unspecified atom stereocenters. The van der Waals surface area contributed by atoms with Gasteiger partial charge in [-0.3, -0.25) is 0 Å². The van der Waals surface area contributed by atoms with Crippen LogP contribution in [0.4, 0.5) is 0 Å². The molecule has 6 N–H and O–H groups in total. The maximum absolute atomic E-state index is 11.4. The fraction of sp³-hybridized carbons (Fsp3) is 0.600. The number of methoxy groups -OCH3 is 6. The first-order valence-electron chi connectivity index (χ1n) is 13.6. The third kappa shape index (κ3) is 8.52. The van der Waals surface area contributed by atoms with Gasteiger partial charge >= 0.3 is 0 Å². The molecule has 7 atom stereocenters. The molecule has 0 spiro atoms. The van der Waals surface area contributed by atoms with E-state index < -0.39 is 43.0 Å². The highest BCUT2D eigenvalue weighted by Gasteiger charge is 2.38. The van der Waals surface area contributed by atoms with E-state index in [0.29, 0.717) is 52.9 Å². The molecule has 2 aromatic carbocycles. The Morgan fingerprint density at radius 3 is 1.29 bits per heavy atom. The molecule has 2 rings (SSSR count). The molecule has 2 aromatic rings. The van der Waals surface area contributed by atoms with Crippen LogP contribution in [0.1, 0.15) is 24.5 Å². The van der Waals surface area contributed by atoms with Crippen LogP contribution in [0.3, 0.4) is 0 Å². The van der Waals surface area contributed by atoms with E-state index in [1.165, 1.54) is 21.3 Å². The molecule has 0 radical (unpaired) electrons. The van der Waals surface area contributed by atoms with E-state index in [0.717, 1.165) is 5.56 Å². The Hall–Kier alpha value is -3.00. The van der Waals surface area contributed by atoms with E-state index in [-0.39, 0.29) is 12.3 Å². The molecule has 0 amide bonds. The summed E-state index contributed by atoms with van der Waals surface area (Å²) in [5, 5.41) is 62.1. The second kappa shape index (κ2) is 16.6. The second-order valence-electron chi connectivity index (χ2n) is 10.2. The van der Waals surface area contributed by atoms with Crippen molar-refractivity contribution < 1.29 is 59.1 Å². The average molecular weight is 599 g/mol. The Balaban J connectivity index is 2.50. The fourth-order valence-corrected chi connectivity index (χ4v) is 5.13. The third-order valence-corrected chi connectivity index (χ3v) is 7.47. The van der Waals surface area contributed by atoms with Crippen molar-refractivity contribution in [2.45, 2.75) is 56.7 Å². The molecular weight excluding hydrogens is 552 g/mol. The summed E-state index contributed by atoms with van der Waals surface area (Å²) < 4.78 is 33.0. The first-order valence-corrected chi connectivity index (χ1v) is 13.6. The highest BCUT2D eigenvalue weighted by Crippen LogP contribution is 2.40. The van der Waals surface area contributed by atoms with Crippen LogP contribution in [0.2, 0.25) is 0 Å². The molecule has 0 saturated carbocycles. The number of rotatable bonds is 18. The Morgan fingerprint density at radius 1 is 0.548 bits per heavy atom. The van der Waals surface area contributed by atoms with E-state index >= 15 is 0 Å². The highest BCUT2D eigenvalue weighted by atomic mass is 16.5. The lowest BCUT2D eigenvalue weighted by atomic mass is 9.80. The van der Waals surface area contributed by atoms with Gasteiger partial charge in [-0.15, -0.1) is 0 Å². The van der Waals surface area contributed by atoms with Crippen molar-refractivity contribution in [3.63, 3.8) is 0 Å². The Morgan fingerprint density at radius 2 is 0.929 bits per heavy atom. The Bertz CT molecular complexity index is 1060. The maximum atomic E-state index is 11.4. The normalized spacial score (nSPS) is 16.4. The lowest BCUT2D eigenvalue weighted by Crippen LogP contribution is -2.52. The summed E-state index contributed by atoms with van der Waals surface area (Å²) in [5.41, 5.74) is 1.37. The summed E-state index contributed by atoms with van der Waals surface area (Å²) in [6.07, 6.45) is -8.06. The molecule has 12 nitrogen and oxygen atoms in total. The zero-order valence-corrected chi connectivity index (χ0v) is 25.3. The molecule has 0 aliphatic heterocycles. The summed E-state index contributed by atoms with van der Waals surface area (Å²) in [7, 11) is 9.11. The van der Waals surface area contributed by atoms with Gasteiger partial charge < -0.3 is 59.1 Å². The Labute approximate surface area is 247 Å². The van der Waals surface area contributed by atoms with Gasteiger partial charge in [-0.25, -0.2) is 0 Å². The van der Waals surface area contributed by atoms with E-state index in [9.17, 15) is 30.6 Å². The van der Waals surface area contributed by atoms with Gasteiger partial charge in [0, 0.05) is 35.4 Å². The van der Waals surface area contributed by atoms with E-state index in [2.05, 4.69) is 0 Å². The van der Waals surface area contributed by atoms with Crippen molar-refractivity contribution >= 4 is 0 Å². The SMILES string of the molecule is COc1cc(OC)c(CC(C)CC(Cc2c(OC)cc(OC)cc2OC)C(O)[C@@H](O)[C@@H](O)[C@H](O)[C@@H](O)CO)c(OC)c1. The lowest BCUT2D eigenvalue weighted by molar-refractivity contribution is -0.149. The minimum Gasteiger partial charge on any atom is -0.496 e. The molecule has 0 aliphatic carbocycles. The number of aliphatic hydroxyl groups excluding tert-OH is 6. The Kier molecular flexibility index (Phi) is 13.9. The van der Waals surface area contributed by atoms with Crippen molar-refractivity contribution in [1.29, 1.82) is 0 Å². The molecule has 42 heavy (non-hydrogen) atoms. The van der Waals surface area contributed by atoms with Crippen LogP contribution in [-0.4, -0.2) is 110 Å².